The highest BCUT2D eigenvalue weighted by molar-refractivity contribution is 8.01. The maximum Gasteiger partial charge on any atom is 0.330 e. The Hall–Kier alpha value is -4.60. The number of carbonyl (C=O) groups excluding carboxylic acids is 3. The molecule has 3 aromatic carbocycles. The lowest BCUT2D eigenvalue weighted by molar-refractivity contribution is -0.165. The van der Waals surface area contributed by atoms with Crippen molar-refractivity contribution < 1.29 is 41.4 Å². The van der Waals surface area contributed by atoms with Crippen LogP contribution in [0.5, 0.6) is 11.5 Å². The van der Waals surface area contributed by atoms with Gasteiger partial charge in [-0.2, -0.15) is 0 Å². The van der Waals surface area contributed by atoms with Gasteiger partial charge in [0.1, 0.15) is 41.4 Å². The molecule has 2 saturated heterocycles. The molecule has 15 heteroatoms. The number of amides is 2. The van der Waals surface area contributed by atoms with Gasteiger partial charge in [0.25, 0.3) is 5.91 Å². The number of H-pyrrole nitrogens is 1. The van der Waals surface area contributed by atoms with E-state index in [1.165, 1.54) is 40.9 Å². The molecule has 250 valence electrons. The fourth-order valence-electron chi connectivity index (χ4n) is 6.35. The molecule has 0 spiro atoms. The van der Waals surface area contributed by atoms with E-state index in [-0.39, 0.29) is 23.8 Å². The molecule has 0 radical (unpaired) electrons. The number of benzene rings is 3. The number of sulfonamides is 1. The maximum atomic E-state index is 14.0. The smallest absolute Gasteiger partial charge is 0.330 e. The SMILES string of the molecule is COc1ccc(COC(=O)C2N3C(=O)C(NC(=O)COc4ccc5c(c4)S(=O)(=O)NCc4c-5[nH]c5ccc(F)cc45)C3SC2(C)C)cc1. The largest absolute Gasteiger partial charge is 0.497 e. The zero-order chi connectivity index (χ0) is 34.0. The molecule has 4 heterocycles. The Morgan fingerprint density at radius 2 is 1.83 bits per heavy atom. The third-order valence-electron chi connectivity index (χ3n) is 8.71. The van der Waals surface area contributed by atoms with Crippen molar-refractivity contribution in [3.05, 3.63) is 77.6 Å². The summed E-state index contributed by atoms with van der Waals surface area (Å²) >= 11 is 1.40. The Bertz CT molecular complexity index is 2080. The van der Waals surface area contributed by atoms with Crippen LogP contribution in [0.2, 0.25) is 0 Å². The van der Waals surface area contributed by atoms with Gasteiger partial charge in [0.05, 0.1) is 17.7 Å². The summed E-state index contributed by atoms with van der Waals surface area (Å²) in [6.07, 6.45) is 0. The highest BCUT2D eigenvalue weighted by atomic mass is 32.2. The number of hydrogen-bond donors (Lipinski definition) is 3. The number of β-lactam (4-membered cyclic amide) rings is 1. The van der Waals surface area contributed by atoms with E-state index in [1.54, 1.807) is 43.5 Å². The van der Waals surface area contributed by atoms with Gasteiger partial charge >= 0.3 is 5.97 Å². The van der Waals surface area contributed by atoms with Crippen molar-refractivity contribution >= 4 is 50.5 Å². The average molecular weight is 695 g/mol. The zero-order valence-corrected chi connectivity index (χ0v) is 27.7. The Balaban J connectivity index is 0.998. The Morgan fingerprint density at radius 3 is 2.58 bits per heavy atom. The third-order valence-corrected chi connectivity index (χ3v) is 11.7. The first kappa shape index (κ1) is 32.0. The molecule has 4 aromatic rings. The first-order chi connectivity index (χ1) is 22.9. The maximum absolute atomic E-state index is 14.0. The van der Waals surface area contributed by atoms with E-state index in [2.05, 4.69) is 15.0 Å². The summed E-state index contributed by atoms with van der Waals surface area (Å²) in [6.45, 7) is 3.21. The van der Waals surface area contributed by atoms with Gasteiger partial charge in [-0.15, -0.1) is 11.8 Å². The lowest BCUT2D eigenvalue weighted by Crippen LogP contribution is -2.71. The topological polar surface area (TPSA) is 156 Å². The summed E-state index contributed by atoms with van der Waals surface area (Å²) in [6, 6.07) is 14.1. The summed E-state index contributed by atoms with van der Waals surface area (Å²) < 4.78 is 58.5. The molecule has 3 aliphatic heterocycles. The van der Waals surface area contributed by atoms with E-state index in [1.807, 2.05) is 13.8 Å². The second-order valence-corrected chi connectivity index (χ2v) is 15.7. The summed E-state index contributed by atoms with van der Waals surface area (Å²) in [5.74, 6) is -1.17. The van der Waals surface area contributed by atoms with Crippen LogP contribution < -0.4 is 19.5 Å². The number of carbonyl (C=O) groups is 3. The molecule has 48 heavy (non-hydrogen) atoms. The predicted octanol–water partition coefficient (Wildman–Crippen LogP) is 3.44. The molecule has 3 atom stereocenters. The minimum Gasteiger partial charge on any atom is -0.497 e. The number of fused-ring (bicyclic) bond motifs is 6. The van der Waals surface area contributed by atoms with Gasteiger partial charge in [0.2, 0.25) is 15.9 Å². The number of nitrogens with zero attached hydrogens (tertiary/aromatic N) is 1. The van der Waals surface area contributed by atoms with Crippen molar-refractivity contribution in [1.29, 1.82) is 0 Å². The summed E-state index contributed by atoms with van der Waals surface area (Å²) in [7, 11) is -2.41. The molecule has 0 aliphatic carbocycles. The second-order valence-electron chi connectivity index (χ2n) is 12.2. The van der Waals surface area contributed by atoms with E-state index < -0.39 is 62.4 Å². The molecule has 7 rings (SSSR count). The molecule has 2 amide bonds. The quantitative estimate of drug-likeness (QED) is 0.186. The first-order valence-electron chi connectivity index (χ1n) is 15.0. The van der Waals surface area contributed by atoms with Crippen LogP contribution in [0.25, 0.3) is 22.2 Å². The van der Waals surface area contributed by atoms with Crippen molar-refractivity contribution in [3.8, 4) is 22.8 Å². The van der Waals surface area contributed by atoms with Gasteiger partial charge in [-0.1, -0.05) is 12.1 Å². The standard InChI is InChI=1S/C33H31FN4O8S2/c1-33(2)29(32(41)46-15-17-4-7-19(44-3)8-5-17)38-30(40)28(31(38)47-33)37-26(39)16-45-20-9-10-21-25(13-20)48(42,43)35-14-23-22-12-18(34)6-11-24(22)36-27(21)23/h4-13,28-29,31,35-36H,14-16H2,1-3H3,(H,37,39). The van der Waals surface area contributed by atoms with E-state index in [4.69, 9.17) is 14.2 Å². The van der Waals surface area contributed by atoms with E-state index >= 15 is 0 Å². The van der Waals surface area contributed by atoms with E-state index in [0.29, 0.717) is 33.5 Å². The van der Waals surface area contributed by atoms with Crippen LogP contribution in [-0.4, -0.2) is 72.0 Å². The Kier molecular flexibility index (Phi) is 7.88. The van der Waals surface area contributed by atoms with Crippen molar-refractivity contribution in [2.75, 3.05) is 13.7 Å². The lowest BCUT2D eigenvalue weighted by atomic mass is 9.96. The minimum absolute atomic E-state index is 0.0350. The molecule has 0 saturated carbocycles. The molecule has 12 nitrogen and oxygen atoms in total. The number of halogens is 1. The van der Waals surface area contributed by atoms with Crippen molar-refractivity contribution in [2.24, 2.45) is 0 Å². The summed E-state index contributed by atoms with van der Waals surface area (Å²) in [5, 5.41) is 2.79. The minimum atomic E-state index is -3.97. The normalized spacial score (nSPS) is 21.7. The highest BCUT2D eigenvalue weighted by Crippen LogP contribution is 2.51. The van der Waals surface area contributed by atoms with Gasteiger partial charge in [0.15, 0.2) is 6.61 Å². The highest BCUT2D eigenvalue weighted by Gasteiger charge is 2.64. The number of methoxy groups -OCH3 is 1. The van der Waals surface area contributed by atoms with Crippen LogP contribution in [0, 0.1) is 5.82 Å². The van der Waals surface area contributed by atoms with Crippen LogP contribution >= 0.6 is 11.8 Å². The van der Waals surface area contributed by atoms with Crippen molar-refractivity contribution in [3.63, 3.8) is 0 Å². The molecular weight excluding hydrogens is 664 g/mol. The molecule has 3 aliphatic rings. The second kappa shape index (κ2) is 11.8. The number of esters is 1. The van der Waals surface area contributed by atoms with Crippen LogP contribution in [0.15, 0.2) is 65.6 Å². The number of ether oxygens (including phenoxy) is 3. The van der Waals surface area contributed by atoms with Gasteiger partial charge in [0, 0.05) is 39.4 Å². The number of aromatic amines is 1. The molecule has 3 N–H and O–H groups in total. The van der Waals surface area contributed by atoms with Crippen LogP contribution in [0.1, 0.15) is 25.0 Å². The number of hydrogen-bond acceptors (Lipinski definition) is 9. The number of nitrogens with one attached hydrogen (secondary N) is 3. The number of aromatic nitrogens is 1. The Morgan fingerprint density at radius 1 is 1.08 bits per heavy atom. The number of rotatable bonds is 8. The van der Waals surface area contributed by atoms with Gasteiger partial charge < -0.3 is 29.4 Å². The first-order valence-corrected chi connectivity index (χ1v) is 17.4. The molecule has 3 unspecified atom stereocenters. The number of thioether (sulfide) groups is 1. The van der Waals surface area contributed by atoms with Crippen LogP contribution in [0.4, 0.5) is 4.39 Å². The molecule has 1 aromatic heterocycles. The summed E-state index contributed by atoms with van der Waals surface area (Å²) in [5.41, 5.74) is 2.96. The van der Waals surface area contributed by atoms with Gasteiger partial charge in [-0.25, -0.2) is 22.3 Å². The van der Waals surface area contributed by atoms with E-state index in [0.717, 1.165) is 5.56 Å². The lowest BCUT2D eigenvalue weighted by Gasteiger charge is -2.43. The van der Waals surface area contributed by atoms with Crippen molar-refractivity contribution in [2.45, 2.75) is 54.1 Å². The average Bonchev–Trinajstić information content (AvgIpc) is 3.51. The Labute approximate surface area is 279 Å². The van der Waals surface area contributed by atoms with Crippen LogP contribution in [-0.2, 0) is 42.3 Å². The van der Waals surface area contributed by atoms with E-state index in [9.17, 15) is 27.2 Å². The molecule has 0 bridgehead atoms. The fourth-order valence-corrected chi connectivity index (χ4v) is 9.19. The summed E-state index contributed by atoms with van der Waals surface area (Å²) in [4.78, 5) is 43.8. The van der Waals surface area contributed by atoms with Gasteiger partial charge in [-0.3, -0.25) is 9.59 Å². The fraction of sp³-hybridized carbons (Fsp3) is 0.303. The van der Waals surface area contributed by atoms with Crippen molar-refractivity contribution in [1.82, 2.24) is 19.9 Å². The van der Waals surface area contributed by atoms with Crippen LogP contribution in [0.3, 0.4) is 0 Å². The third kappa shape index (κ3) is 5.54. The van der Waals surface area contributed by atoms with Gasteiger partial charge in [-0.05, 0) is 61.9 Å². The predicted molar refractivity (Wildman–Crippen MR) is 174 cm³/mol. The molecule has 2 fully saturated rings. The monoisotopic (exact) mass is 694 g/mol. The zero-order valence-electron chi connectivity index (χ0n) is 26.0. The molecular formula is C33H31FN4O8S2.